The number of halogens is 1. The Bertz CT molecular complexity index is 164. The second-order valence-electron chi connectivity index (χ2n) is 2.80. The Labute approximate surface area is 82.1 Å². The van der Waals surface area contributed by atoms with Crippen LogP contribution in [0, 0.1) is 5.92 Å². The van der Waals surface area contributed by atoms with Gasteiger partial charge in [-0.2, -0.15) is 0 Å². The van der Waals surface area contributed by atoms with Gasteiger partial charge in [-0.05, 0) is 12.8 Å². The molecule has 2 nitrogen and oxygen atoms in total. The van der Waals surface area contributed by atoms with Crippen LogP contribution in [0.1, 0.15) is 20.8 Å². The minimum absolute atomic E-state index is 0.238. The van der Waals surface area contributed by atoms with Gasteiger partial charge in [0.1, 0.15) is 0 Å². The Balaban J connectivity index is 3.81. The molecule has 0 radical (unpaired) electrons. The van der Waals surface area contributed by atoms with E-state index in [4.69, 9.17) is 4.74 Å². The summed E-state index contributed by atoms with van der Waals surface area (Å²) in [5.41, 5.74) is 0. The smallest absolute Gasteiger partial charge is 0.330 e. The van der Waals surface area contributed by atoms with E-state index in [0.717, 1.165) is 0 Å². The molecule has 0 saturated carbocycles. The molecule has 70 valence electrons. The first-order chi connectivity index (χ1) is 5.57. The van der Waals surface area contributed by atoms with Crippen molar-refractivity contribution in [2.24, 2.45) is 5.92 Å². The first-order valence-corrected chi connectivity index (χ1v) is 4.98. The van der Waals surface area contributed by atoms with Crippen LogP contribution < -0.4 is 0 Å². The van der Waals surface area contributed by atoms with Crippen molar-refractivity contribution in [3.05, 3.63) is 12.2 Å². The van der Waals surface area contributed by atoms with Gasteiger partial charge in [0.25, 0.3) is 0 Å². The third-order valence-corrected chi connectivity index (χ3v) is 2.70. The minimum Gasteiger partial charge on any atom is -0.463 e. The van der Waals surface area contributed by atoms with Crippen molar-refractivity contribution in [1.29, 1.82) is 0 Å². The van der Waals surface area contributed by atoms with E-state index in [9.17, 15) is 4.79 Å². The molecule has 0 amide bonds. The molecule has 0 aliphatic carbocycles. The molecule has 0 spiro atoms. The van der Waals surface area contributed by atoms with Gasteiger partial charge in [0.15, 0.2) is 0 Å². The van der Waals surface area contributed by atoms with Gasteiger partial charge >= 0.3 is 5.97 Å². The normalized spacial score (nSPS) is 13.8. The predicted molar refractivity (Wildman–Crippen MR) is 53.3 cm³/mol. The van der Waals surface area contributed by atoms with Crippen molar-refractivity contribution in [2.45, 2.75) is 25.6 Å². The Morgan fingerprint density at radius 2 is 2.17 bits per heavy atom. The van der Waals surface area contributed by atoms with Gasteiger partial charge < -0.3 is 4.74 Å². The molecule has 0 N–H and O–H groups in total. The van der Waals surface area contributed by atoms with E-state index in [-0.39, 0.29) is 10.8 Å². The summed E-state index contributed by atoms with van der Waals surface area (Å²) in [7, 11) is 0. The molecule has 0 fully saturated rings. The molecule has 0 bridgehead atoms. The maximum atomic E-state index is 10.8. The average molecular weight is 235 g/mol. The van der Waals surface area contributed by atoms with E-state index < -0.39 is 0 Å². The molecule has 3 heteroatoms. The highest BCUT2D eigenvalue weighted by Gasteiger charge is 2.04. The molecule has 0 aliphatic heterocycles. The number of allylic oxidation sites excluding steroid dienone is 1. The van der Waals surface area contributed by atoms with Gasteiger partial charge in [-0.25, -0.2) is 4.79 Å². The highest BCUT2D eigenvalue weighted by molar-refractivity contribution is 9.09. The summed E-state index contributed by atoms with van der Waals surface area (Å²) in [5.74, 6) is 0.207. The zero-order valence-corrected chi connectivity index (χ0v) is 9.30. The number of esters is 1. The summed E-state index contributed by atoms with van der Waals surface area (Å²) < 4.78 is 4.73. The highest BCUT2D eigenvalue weighted by Crippen LogP contribution is 2.12. The topological polar surface area (TPSA) is 26.3 Å². The molecule has 0 aromatic heterocycles. The quantitative estimate of drug-likeness (QED) is 0.425. The number of hydrogen-bond donors (Lipinski definition) is 0. The fraction of sp³-hybridized carbons (Fsp3) is 0.667. The van der Waals surface area contributed by atoms with Gasteiger partial charge in [-0.1, -0.05) is 35.9 Å². The molecular weight excluding hydrogens is 220 g/mol. The van der Waals surface area contributed by atoms with E-state index in [0.29, 0.717) is 12.5 Å². The lowest BCUT2D eigenvalue weighted by atomic mass is 10.1. The summed E-state index contributed by atoms with van der Waals surface area (Å²) in [6.45, 7) is 6.38. The lowest BCUT2D eigenvalue weighted by molar-refractivity contribution is -0.137. The zero-order valence-electron chi connectivity index (χ0n) is 7.71. The molecule has 1 atom stereocenters. The van der Waals surface area contributed by atoms with Crippen LogP contribution in [0.4, 0.5) is 0 Å². The molecule has 0 aliphatic rings. The van der Waals surface area contributed by atoms with Gasteiger partial charge in [-0.15, -0.1) is 0 Å². The van der Waals surface area contributed by atoms with E-state index in [1.165, 1.54) is 6.08 Å². The molecular formula is C9H15BrO2. The van der Waals surface area contributed by atoms with Gasteiger partial charge in [-0.3, -0.25) is 0 Å². The molecule has 0 aromatic rings. The maximum absolute atomic E-state index is 10.8. The summed E-state index contributed by atoms with van der Waals surface area (Å²) in [6, 6.07) is 0. The second kappa shape index (κ2) is 6.23. The number of carbonyl (C=O) groups is 1. The third kappa shape index (κ3) is 5.35. The van der Waals surface area contributed by atoms with Crippen LogP contribution in [0.5, 0.6) is 0 Å². The van der Waals surface area contributed by atoms with Crippen LogP contribution in [0.25, 0.3) is 0 Å². The number of alkyl halides is 1. The third-order valence-electron chi connectivity index (χ3n) is 1.34. The van der Waals surface area contributed by atoms with Crippen molar-refractivity contribution in [3.63, 3.8) is 0 Å². The Morgan fingerprint density at radius 1 is 1.58 bits per heavy atom. The van der Waals surface area contributed by atoms with E-state index in [2.05, 4.69) is 29.8 Å². The van der Waals surface area contributed by atoms with Crippen molar-refractivity contribution in [2.75, 3.05) is 6.61 Å². The monoisotopic (exact) mass is 234 g/mol. The number of carbonyl (C=O) groups excluding carboxylic acids is 1. The number of hydrogen-bond acceptors (Lipinski definition) is 2. The second-order valence-corrected chi connectivity index (χ2v) is 3.86. The Hall–Kier alpha value is -0.310. The lowest BCUT2D eigenvalue weighted by Crippen LogP contribution is -2.05. The molecule has 0 rings (SSSR count). The van der Waals surface area contributed by atoms with Gasteiger partial charge in [0.05, 0.1) is 6.61 Å². The molecule has 1 unspecified atom stereocenters. The highest BCUT2D eigenvalue weighted by atomic mass is 79.9. The van der Waals surface area contributed by atoms with Crippen molar-refractivity contribution < 1.29 is 9.53 Å². The van der Waals surface area contributed by atoms with E-state index in [1.54, 1.807) is 6.92 Å². The summed E-state index contributed by atoms with van der Waals surface area (Å²) in [6.07, 6.45) is 3.27. The molecule has 12 heavy (non-hydrogen) atoms. The lowest BCUT2D eigenvalue weighted by Gasteiger charge is -2.06. The van der Waals surface area contributed by atoms with Crippen LogP contribution in [-0.2, 0) is 9.53 Å². The van der Waals surface area contributed by atoms with Crippen molar-refractivity contribution in [3.8, 4) is 0 Å². The van der Waals surface area contributed by atoms with Crippen molar-refractivity contribution >= 4 is 21.9 Å². The summed E-state index contributed by atoms with van der Waals surface area (Å²) >= 11 is 3.43. The van der Waals surface area contributed by atoms with Crippen LogP contribution >= 0.6 is 15.9 Å². The predicted octanol–water partition coefficient (Wildman–Crippen LogP) is 2.53. The fourth-order valence-corrected chi connectivity index (χ4v) is 0.736. The minimum atomic E-state index is -0.275. The zero-order chi connectivity index (χ0) is 9.56. The standard InChI is InChI=1S/C9H15BrO2/c1-4-12-9(11)6-5-8(10)7(2)3/h5-8H,4H2,1-3H3. The molecule has 0 aromatic carbocycles. The molecule has 0 heterocycles. The van der Waals surface area contributed by atoms with Gasteiger partial charge in [0.2, 0.25) is 0 Å². The molecule has 0 saturated heterocycles. The van der Waals surface area contributed by atoms with Crippen LogP contribution in [0.2, 0.25) is 0 Å². The van der Waals surface area contributed by atoms with Crippen LogP contribution in [-0.4, -0.2) is 17.4 Å². The largest absolute Gasteiger partial charge is 0.463 e. The summed E-state index contributed by atoms with van der Waals surface area (Å²) in [4.78, 5) is 11.1. The van der Waals surface area contributed by atoms with Crippen LogP contribution in [0.15, 0.2) is 12.2 Å². The van der Waals surface area contributed by atoms with Crippen molar-refractivity contribution in [1.82, 2.24) is 0 Å². The number of rotatable bonds is 4. The van der Waals surface area contributed by atoms with E-state index >= 15 is 0 Å². The summed E-state index contributed by atoms with van der Waals surface area (Å²) in [5, 5.41) is 0. The first kappa shape index (κ1) is 11.7. The fourth-order valence-electron chi connectivity index (χ4n) is 0.583. The average Bonchev–Trinajstić information content (AvgIpc) is 2.00. The number of ether oxygens (including phenoxy) is 1. The Kier molecular flexibility index (Phi) is 6.07. The Morgan fingerprint density at radius 3 is 2.58 bits per heavy atom. The van der Waals surface area contributed by atoms with E-state index in [1.807, 2.05) is 6.08 Å². The van der Waals surface area contributed by atoms with Gasteiger partial charge in [0, 0.05) is 10.9 Å². The first-order valence-electron chi connectivity index (χ1n) is 4.07. The van der Waals surface area contributed by atoms with Crippen LogP contribution in [0.3, 0.4) is 0 Å². The SMILES string of the molecule is CCOC(=O)C=CC(Br)C(C)C. The maximum Gasteiger partial charge on any atom is 0.330 e.